The summed E-state index contributed by atoms with van der Waals surface area (Å²) in [6, 6.07) is 3.48. The topological polar surface area (TPSA) is 79.7 Å². The van der Waals surface area contributed by atoms with Crippen LogP contribution in [0.2, 0.25) is 5.02 Å². The average molecular weight is 500 g/mol. The van der Waals surface area contributed by atoms with Gasteiger partial charge < -0.3 is 19.9 Å². The molecule has 1 saturated carbocycles. The molecule has 1 aliphatic carbocycles. The normalized spacial score (nSPS) is 16.7. The lowest BCUT2D eigenvalue weighted by atomic mass is 9.73. The minimum Gasteiger partial charge on any atom is -0.336 e. The molecule has 184 valence electrons. The van der Waals surface area contributed by atoms with Crippen molar-refractivity contribution in [1.82, 2.24) is 19.6 Å². The van der Waals surface area contributed by atoms with E-state index in [-0.39, 0.29) is 24.1 Å². The Balaban J connectivity index is 1.45. The number of ether oxygens (including phenoxy) is 1. The lowest BCUT2D eigenvalue weighted by molar-refractivity contribution is -0.137. The third kappa shape index (κ3) is 4.85. The fourth-order valence-corrected chi connectivity index (χ4v) is 4.63. The van der Waals surface area contributed by atoms with Crippen molar-refractivity contribution in [1.29, 1.82) is 0 Å². The number of hydrogen-bond acceptors (Lipinski definition) is 4. The van der Waals surface area contributed by atoms with Crippen molar-refractivity contribution in [3.63, 3.8) is 0 Å². The molecule has 0 atom stereocenters. The van der Waals surface area contributed by atoms with Gasteiger partial charge in [0.15, 0.2) is 0 Å². The standard InChI is InChI=1S/C22H25ClF3N5O3/c1-29(22(5-2-6-22)7-10-34-20(25)26)19(32)15-12-27-31-9-8-30(13-18(15)31)21(33)28-14-3-4-17(24)16(23)11-14/h3-4,11-12,20H,2,5-10,13H2,1H3,(H,28,33). The molecular weight excluding hydrogens is 475 g/mol. The van der Waals surface area contributed by atoms with Crippen molar-refractivity contribution in [3.05, 3.63) is 46.5 Å². The fourth-order valence-electron chi connectivity index (χ4n) is 4.45. The van der Waals surface area contributed by atoms with Gasteiger partial charge in [-0.2, -0.15) is 13.9 Å². The van der Waals surface area contributed by atoms with Crippen LogP contribution in [-0.4, -0.2) is 63.9 Å². The zero-order valence-corrected chi connectivity index (χ0v) is 19.3. The molecule has 2 aromatic rings. The third-order valence-electron chi connectivity index (χ3n) is 6.67. The molecule has 12 heteroatoms. The highest BCUT2D eigenvalue weighted by Crippen LogP contribution is 2.41. The number of rotatable bonds is 7. The first-order valence-corrected chi connectivity index (χ1v) is 11.3. The molecule has 3 amide bonds. The average Bonchev–Trinajstić information content (AvgIpc) is 3.20. The maximum Gasteiger partial charge on any atom is 0.345 e. The van der Waals surface area contributed by atoms with Crippen LogP contribution in [0.25, 0.3) is 0 Å². The van der Waals surface area contributed by atoms with Crippen LogP contribution in [0.3, 0.4) is 0 Å². The van der Waals surface area contributed by atoms with E-state index in [4.69, 9.17) is 11.6 Å². The zero-order valence-electron chi connectivity index (χ0n) is 18.6. The Bertz CT molecular complexity index is 1080. The van der Waals surface area contributed by atoms with E-state index in [1.54, 1.807) is 16.6 Å². The molecule has 0 unspecified atom stereocenters. The number of fused-ring (bicyclic) bond motifs is 1. The second kappa shape index (κ2) is 9.83. The van der Waals surface area contributed by atoms with Crippen molar-refractivity contribution in [2.45, 2.75) is 50.9 Å². The van der Waals surface area contributed by atoms with Crippen LogP contribution in [-0.2, 0) is 17.8 Å². The molecule has 1 aromatic heterocycles. The smallest absolute Gasteiger partial charge is 0.336 e. The molecule has 0 saturated heterocycles. The Hall–Kier alpha value is -2.79. The van der Waals surface area contributed by atoms with Crippen LogP contribution >= 0.6 is 11.6 Å². The summed E-state index contributed by atoms with van der Waals surface area (Å²) in [5.41, 5.74) is 0.776. The Morgan fingerprint density at radius 3 is 2.74 bits per heavy atom. The molecule has 1 N–H and O–H groups in total. The highest BCUT2D eigenvalue weighted by atomic mass is 35.5. The van der Waals surface area contributed by atoms with Crippen molar-refractivity contribution in [2.24, 2.45) is 0 Å². The molecule has 1 fully saturated rings. The van der Waals surface area contributed by atoms with E-state index in [0.29, 0.717) is 49.3 Å². The van der Waals surface area contributed by atoms with Gasteiger partial charge in [-0.3, -0.25) is 9.48 Å². The summed E-state index contributed by atoms with van der Waals surface area (Å²) < 4.78 is 44.3. The van der Waals surface area contributed by atoms with E-state index in [9.17, 15) is 22.8 Å². The number of urea groups is 1. The predicted molar refractivity (Wildman–Crippen MR) is 118 cm³/mol. The van der Waals surface area contributed by atoms with E-state index in [0.717, 1.165) is 6.42 Å². The van der Waals surface area contributed by atoms with Gasteiger partial charge in [-0.25, -0.2) is 9.18 Å². The number of carbonyl (C=O) groups excluding carboxylic acids is 2. The SMILES string of the molecule is CN(C(=O)c1cnn2c1CN(C(=O)Nc1ccc(F)c(Cl)c1)CC2)C1(CCOC(F)F)CCC1. The number of halogens is 4. The van der Waals surface area contributed by atoms with E-state index in [1.165, 1.54) is 29.3 Å². The highest BCUT2D eigenvalue weighted by molar-refractivity contribution is 6.31. The minimum atomic E-state index is -2.84. The molecule has 8 nitrogen and oxygen atoms in total. The molecule has 1 aromatic carbocycles. The van der Waals surface area contributed by atoms with E-state index in [1.807, 2.05) is 0 Å². The number of carbonyl (C=O) groups is 2. The fraction of sp³-hybridized carbons (Fsp3) is 0.500. The first-order valence-electron chi connectivity index (χ1n) is 10.9. The Labute approximate surface area is 199 Å². The number of nitrogens with one attached hydrogen (secondary N) is 1. The van der Waals surface area contributed by atoms with Crippen LogP contribution in [0.1, 0.15) is 41.7 Å². The molecule has 0 bridgehead atoms. The van der Waals surface area contributed by atoms with Crippen LogP contribution < -0.4 is 5.32 Å². The number of alkyl halides is 2. The molecular formula is C22H25ClF3N5O3. The van der Waals surface area contributed by atoms with Gasteiger partial charge in [-0.05, 0) is 43.9 Å². The second-order valence-electron chi connectivity index (χ2n) is 8.53. The number of anilines is 1. The minimum absolute atomic E-state index is 0.102. The lowest BCUT2D eigenvalue weighted by Gasteiger charge is -2.49. The van der Waals surface area contributed by atoms with E-state index < -0.39 is 24.0 Å². The second-order valence-corrected chi connectivity index (χ2v) is 8.94. The Morgan fingerprint density at radius 1 is 1.32 bits per heavy atom. The van der Waals surface area contributed by atoms with Crippen molar-refractivity contribution >= 4 is 29.2 Å². The molecule has 1 aliphatic heterocycles. The Kier molecular flexibility index (Phi) is 7.04. The molecule has 0 spiro atoms. The number of benzene rings is 1. The summed E-state index contributed by atoms with van der Waals surface area (Å²) in [6.07, 6.45) is 4.12. The maximum absolute atomic E-state index is 13.4. The van der Waals surface area contributed by atoms with Gasteiger partial charge in [0.2, 0.25) is 0 Å². The largest absolute Gasteiger partial charge is 0.345 e. The van der Waals surface area contributed by atoms with Gasteiger partial charge in [-0.15, -0.1) is 0 Å². The van der Waals surface area contributed by atoms with Crippen LogP contribution in [0.15, 0.2) is 24.4 Å². The summed E-state index contributed by atoms with van der Waals surface area (Å²) in [7, 11) is 1.67. The first-order chi connectivity index (χ1) is 16.2. The summed E-state index contributed by atoms with van der Waals surface area (Å²) in [5, 5.41) is 6.88. The number of aromatic nitrogens is 2. The van der Waals surface area contributed by atoms with Crippen molar-refractivity contribution in [2.75, 3.05) is 25.5 Å². The molecule has 2 aliphatic rings. The van der Waals surface area contributed by atoms with E-state index in [2.05, 4.69) is 15.2 Å². The maximum atomic E-state index is 13.4. The Morgan fingerprint density at radius 2 is 2.09 bits per heavy atom. The number of nitrogens with zero attached hydrogens (tertiary/aromatic N) is 4. The molecule has 4 rings (SSSR count). The summed E-state index contributed by atoms with van der Waals surface area (Å²) in [5.74, 6) is -0.857. The number of hydrogen-bond donors (Lipinski definition) is 1. The lowest BCUT2D eigenvalue weighted by Crippen LogP contribution is -2.55. The predicted octanol–water partition coefficient (Wildman–Crippen LogP) is 4.35. The van der Waals surface area contributed by atoms with Gasteiger partial charge in [0.25, 0.3) is 5.91 Å². The van der Waals surface area contributed by atoms with Crippen LogP contribution in [0, 0.1) is 5.82 Å². The molecule has 0 radical (unpaired) electrons. The summed E-state index contributed by atoms with van der Waals surface area (Å²) in [4.78, 5) is 29.3. The van der Waals surface area contributed by atoms with Crippen molar-refractivity contribution in [3.8, 4) is 0 Å². The molecule has 34 heavy (non-hydrogen) atoms. The highest BCUT2D eigenvalue weighted by Gasteiger charge is 2.44. The summed E-state index contributed by atoms with van der Waals surface area (Å²) in [6.45, 7) is -2.06. The van der Waals surface area contributed by atoms with Gasteiger partial charge in [-0.1, -0.05) is 11.6 Å². The summed E-state index contributed by atoms with van der Waals surface area (Å²) >= 11 is 5.78. The van der Waals surface area contributed by atoms with Gasteiger partial charge in [0.05, 0.1) is 42.2 Å². The quantitative estimate of drug-likeness (QED) is 0.614. The van der Waals surface area contributed by atoms with Gasteiger partial charge >= 0.3 is 12.6 Å². The van der Waals surface area contributed by atoms with Gasteiger partial charge in [0.1, 0.15) is 5.82 Å². The third-order valence-corrected chi connectivity index (χ3v) is 6.96. The zero-order chi connectivity index (χ0) is 24.5. The number of amides is 3. The first kappa shape index (κ1) is 24.3. The van der Waals surface area contributed by atoms with Crippen LogP contribution in [0.4, 0.5) is 23.7 Å². The van der Waals surface area contributed by atoms with Crippen LogP contribution in [0.5, 0.6) is 0 Å². The van der Waals surface area contributed by atoms with E-state index >= 15 is 0 Å². The van der Waals surface area contributed by atoms with Gasteiger partial charge in [0, 0.05) is 24.8 Å². The molecule has 2 heterocycles. The van der Waals surface area contributed by atoms with Crippen molar-refractivity contribution < 1.29 is 27.5 Å². The monoisotopic (exact) mass is 499 g/mol.